The summed E-state index contributed by atoms with van der Waals surface area (Å²) in [6.07, 6.45) is 7.55. The van der Waals surface area contributed by atoms with Gasteiger partial charge in [0.25, 0.3) is 0 Å². The summed E-state index contributed by atoms with van der Waals surface area (Å²) in [5.74, 6) is 1.13. The molecule has 1 N–H and O–H groups in total. The maximum atomic E-state index is 13.9. The average molecular weight is 337 g/mol. The summed E-state index contributed by atoms with van der Waals surface area (Å²) >= 11 is 6.15. The lowest BCUT2D eigenvalue weighted by Crippen LogP contribution is -2.36. The minimum absolute atomic E-state index is 0.320. The molecule has 0 aliphatic heterocycles. The van der Waals surface area contributed by atoms with Crippen molar-refractivity contribution in [3.05, 3.63) is 46.3 Å². The van der Waals surface area contributed by atoms with Crippen LogP contribution < -0.4 is 4.73 Å². The number of nitrogens with zero attached hydrogens (tertiary/aromatic N) is 1. The quantitative estimate of drug-likeness (QED) is 0.584. The third-order valence-electron chi connectivity index (χ3n) is 4.92. The second kappa shape index (κ2) is 6.64. The highest BCUT2D eigenvalue weighted by Crippen LogP contribution is 2.38. The Bertz CT molecular complexity index is 661. The fraction of sp³-hybridized carbons (Fsp3) is 0.526. The molecule has 1 saturated carbocycles. The van der Waals surface area contributed by atoms with Gasteiger partial charge in [0.15, 0.2) is 0 Å². The summed E-state index contributed by atoms with van der Waals surface area (Å²) in [5.41, 5.74) is 3.28. The van der Waals surface area contributed by atoms with Crippen LogP contribution in [0.25, 0.3) is 5.57 Å². The Balaban J connectivity index is 1.92. The molecule has 0 spiro atoms. The summed E-state index contributed by atoms with van der Waals surface area (Å²) in [6.45, 7) is 3.70. The van der Waals surface area contributed by atoms with Gasteiger partial charge >= 0.3 is 0 Å². The van der Waals surface area contributed by atoms with Crippen LogP contribution in [0, 0.1) is 5.92 Å². The number of aromatic nitrogens is 1. The first kappa shape index (κ1) is 16.5. The zero-order valence-corrected chi connectivity index (χ0v) is 14.5. The predicted molar refractivity (Wildman–Crippen MR) is 90.2 cm³/mol. The lowest BCUT2D eigenvalue weighted by atomic mass is 9.90. The van der Waals surface area contributed by atoms with Crippen LogP contribution in [0.15, 0.2) is 35.0 Å². The molecule has 4 heteroatoms. The van der Waals surface area contributed by atoms with Crippen molar-refractivity contribution in [3.63, 3.8) is 0 Å². The predicted octanol–water partition coefficient (Wildman–Crippen LogP) is 5.14. The molecular formula is C19H24ClFNO+. The van der Waals surface area contributed by atoms with E-state index in [1.165, 1.54) is 17.6 Å². The second-order valence-corrected chi connectivity index (χ2v) is 7.40. The third-order valence-corrected chi connectivity index (χ3v) is 5.22. The highest BCUT2D eigenvalue weighted by molar-refractivity contribution is 6.30. The molecule has 0 amide bonds. The molecule has 1 aromatic rings. The molecule has 2 aliphatic rings. The minimum Gasteiger partial charge on any atom is -0.285 e. The van der Waals surface area contributed by atoms with E-state index in [9.17, 15) is 9.60 Å². The van der Waals surface area contributed by atoms with E-state index < -0.39 is 6.17 Å². The molecular weight excluding hydrogens is 313 g/mol. The molecule has 1 aromatic heterocycles. The zero-order valence-electron chi connectivity index (χ0n) is 13.7. The molecule has 0 saturated heterocycles. The van der Waals surface area contributed by atoms with E-state index in [2.05, 4.69) is 6.92 Å². The van der Waals surface area contributed by atoms with Crippen LogP contribution in [0.1, 0.15) is 63.1 Å². The van der Waals surface area contributed by atoms with E-state index in [-0.39, 0.29) is 0 Å². The van der Waals surface area contributed by atoms with Crippen LogP contribution in [0.5, 0.6) is 0 Å². The van der Waals surface area contributed by atoms with Crippen LogP contribution in [-0.4, -0.2) is 11.4 Å². The van der Waals surface area contributed by atoms with Gasteiger partial charge in [0, 0.05) is 21.7 Å². The van der Waals surface area contributed by atoms with Crippen molar-refractivity contribution in [2.75, 3.05) is 0 Å². The standard InChI is InChI=1S/C19H24ClFNO/c1-12(9-14-3-4-14)19-8-5-15(11-22(19)23)18-10-16(20)6-7-17(18)13(2)21/h5,8,10-14,23H,3-4,6-7,9H2,1-2H3/q+1. The number of hydrogen-bond donors (Lipinski definition) is 1. The lowest BCUT2D eigenvalue weighted by molar-refractivity contribution is -0.910. The molecule has 124 valence electrons. The van der Waals surface area contributed by atoms with Crippen LogP contribution >= 0.6 is 11.6 Å². The topological polar surface area (TPSA) is 24.1 Å². The minimum atomic E-state index is -1.01. The van der Waals surface area contributed by atoms with Gasteiger partial charge in [-0.1, -0.05) is 31.4 Å². The number of allylic oxidation sites excluding steroid dienone is 4. The van der Waals surface area contributed by atoms with E-state index >= 15 is 0 Å². The summed E-state index contributed by atoms with van der Waals surface area (Å²) in [4.78, 5) is 0. The van der Waals surface area contributed by atoms with Crippen molar-refractivity contribution in [2.24, 2.45) is 5.92 Å². The van der Waals surface area contributed by atoms with Gasteiger partial charge in [-0.3, -0.25) is 5.21 Å². The molecule has 23 heavy (non-hydrogen) atoms. The first-order valence-electron chi connectivity index (χ1n) is 8.44. The fourth-order valence-corrected chi connectivity index (χ4v) is 3.62. The molecule has 2 aliphatic carbocycles. The summed E-state index contributed by atoms with van der Waals surface area (Å²) in [5, 5.41) is 11.1. The Morgan fingerprint density at radius 2 is 2.04 bits per heavy atom. The van der Waals surface area contributed by atoms with Gasteiger partial charge in [-0.2, -0.15) is 0 Å². The van der Waals surface area contributed by atoms with Gasteiger partial charge < -0.3 is 0 Å². The molecule has 2 nitrogen and oxygen atoms in total. The monoisotopic (exact) mass is 336 g/mol. The smallest absolute Gasteiger partial charge is 0.236 e. The Hall–Kier alpha value is -1.35. The zero-order chi connectivity index (χ0) is 16.6. The average Bonchev–Trinajstić information content (AvgIpc) is 3.30. The van der Waals surface area contributed by atoms with Crippen molar-refractivity contribution in [3.8, 4) is 0 Å². The number of pyridine rings is 1. The van der Waals surface area contributed by atoms with Crippen molar-refractivity contribution in [1.29, 1.82) is 0 Å². The number of hydrogen-bond acceptors (Lipinski definition) is 1. The molecule has 0 radical (unpaired) electrons. The second-order valence-electron chi connectivity index (χ2n) is 6.91. The third kappa shape index (κ3) is 3.77. The first-order chi connectivity index (χ1) is 11.0. The normalized spacial score (nSPS) is 21.1. The number of alkyl halides is 1. The van der Waals surface area contributed by atoms with E-state index in [1.54, 1.807) is 13.1 Å². The van der Waals surface area contributed by atoms with Crippen molar-refractivity contribution in [2.45, 2.75) is 58.0 Å². The lowest BCUT2D eigenvalue weighted by Gasteiger charge is -2.18. The molecule has 1 fully saturated rings. The fourth-order valence-electron chi connectivity index (χ4n) is 3.42. The van der Waals surface area contributed by atoms with Gasteiger partial charge in [-0.05, 0) is 55.4 Å². The van der Waals surface area contributed by atoms with Crippen LogP contribution in [0.3, 0.4) is 0 Å². The molecule has 0 aromatic carbocycles. The van der Waals surface area contributed by atoms with E-state index in [0.29, 0.717) is 18.8 Å². The summed E-state index contributed by atoms with van der Waals surface area (Å²) < 4.78 is 15.1. The van der Waals surface area contributed by atoms with Crippen LogP contribution in [-0.2, 0) is 0 Å². The first-order valence-corrected chi connectivity index (χ1v) is 8.82. The van der Waals surface area contributed by atoms with Crippen molar-refractivity contribution < 1.29 is 14.3 Å². The molecule has 3 rings (SSSR count). The van der Waals surface area contributed by atoms with Gasteiger partial charge in [0.05, 0.1) is 5.56 Å². The largest absolute Gasteiger partial charge is 0.285 e. The highest BCUT2D eigenvalue weighted by atomic mass is 35.5. The number of rotatable bonds is 5. The van der Waals surface area contributed by atoms with Crippen LogP contribution in [0.4, 0.5) is 4.39 Å². The van der Waals surface area contributed by atoms with Gasteiger partial charge in [-0.15, -0.1) is 0 Å². The maximum Gasteiger partial charge on any atom is 0.236 e. The Morgan fingerprint density at radius 1 is 1.30 bits per heavy atom. The SMILES string of the molecule is CC(F)C1=C(c2ccc(C(C)CC3CC3)[n+](O)c2)C=C(Cl)CC1. The van der Waals surface area contributed by atoms with E-state index in [0.717, 1.165) is 39.8 Å². The Morgan fingerprint density at radius 3 is 2.65 bits per heavy atom. The molecule has 0 bridgehead atoms. The van der Waals surface area contributed by atoms with E-state index in [1.807, 2.05) is 18.2 Å². The van der Waals surface area contributed by atoms with Gasteiger partial charge in [0.1, 0.15) is 6.17 Å². The maximum absolute atomic E-state index is 13.9. The van der Waals surface area contributed by atoms with Crippen molar-refractivity contribution >= 4 is 17.2 Å². The van der Waals surface area contributed by atoms with Gasteiger partial charge in [0.2, 0.25) is 11.9 Å². The molecule has 1 heterocycles. The molecule has 2 atom stereocenters. The Labute approximate surface area is 142 Å². The van der Waals surface area contributed by atoms with Crippen LogP contribution in [0.2, 0.25) is 0 Å². The summed E-state index contributed by atoms with van der Waals surface area (Å²) in [7, 11) is 0. The van der Waals surface area contributed by atoms with Gasteiger partial charge in [-0.25, -0.2) is 4.39 Å². The number of halogens is 2. The summed E-state index contributed by atoms with van der Waals surface area (Å²) in [6, 6.07) is 3.92. The van der Waals surface area contributed by atoms with E-state index in [4.69, 9.17) is 11.6 Å². The Kier molecular flexibility index (Phi) is 4.77. The van der Waals surface area contributed by atoms with Crippen molar-refractivity contribution in [1.82, 2.24) is 0 Å². The highest BCUT2D eigenvalue weighted by Gasteiger charge is 2.29. The molecule has 2 unspecified atom stereocenters.